The number of amides is 1. The maximum Gasteiger partial charge on any atom is 0.344 e. The Labute approximate surface area is 199 Å². The molecule has 3 rings (SSSR count). The lowest BCUT2D eigenvalue weighted by atomic mass is 10.0. The maximum absolute atomic E-state index is 12.7. The molecule has 1 aromatic heterocycles. The molecule has 1 heterocycles. The van der Waals surface area contributed by atoms with E-state index in [1.807, 2.05) is 63.3 Å². The third kappa shape index (κ3) is 6.04. The van der Waals surface area contributed by atoms with Gasteiger partial charge in [-0.3, -0.25) is 0 Å². The average Bonchev–Trinajstić information content (AvgIpc) is 3.30. The number of nitrogens with one attached hydrogen (secondary N) is 1. The Hall–Kier alpha value is -4.07. The normalized spacial score (nSPS) is 11.0. The van der Waals surface area contributed by atoms with Crippen molar-refractivity contribution in [3.63, 3.8) is 0 Å². The zero-order valence-electron chi connectivity index (χ0n) is 20.2. The van der Waals surface area contributed by atoms with Crippen LogP contribution in [-0.2, 0) is 0 Å². The van der Waals surface area contributed by atoms with E-state index in [0.717, 1.165) is 22.4 Å². The fraction of sp³-hybridized carbons (Fsp3) is 0.269. The first-order valence-electron chi connectivity index (χ1n) is 10.9. The molecule has 0 fully saturated rings. The molecule has 0 aliphatic carbocycles. The first-order valence-corrected chi connectivity index (χ1v) is 10.9. The van der Waals surface area contributed by atoms with Gasteiger partial charge in [-0.2, -0.15) is 4.68 Å². The highest BCUT2D eigenvalue weighted by molar-refractivity contribution is 5.88. The maximum atomic E-state index is 12.7. The van der Waals surface area contributed by atoms with E-state index in [1.165, 1.54) is 10.9 Å². The van der Waals surface area contributed by atoms with E-state index in [4.69, 9.17) is 14.2 Å². The van der Waals surface area contributed by atoms with Crippen LogP contribution in [0.5, 0.6) is 17.2 Å². The number of nitrogens with zero attached hydrogens (tertiary/aromatic N) is 3. The second-order valence-corrected chi connectivity index (χ2v) is 8.08. The highest BCUT2D eigenvalue weighted by atomic mass is 16.5. The van der Waals surface area contributed by atoms with E-state index < -0.39 is 0 Å². The Bertz CT molecular complexity index is 1180. The van der Waals surface area contributed by atoms with Crippen LogP contribution >= 0.6 is 0 Å². The van der Waals surface area contributed by atoms with Crippen molar-refractivity contribution in [3.8, 4) is 28.5 Å². The standard InChI is InChI=1S/C26H30N4O4/c1-17(2)16-34-21-11-8-19(9-12-21)7-10-20-13-22(32-5)14-24(33-6)25(20)23-15-27-29-30(23)26(31)28-18(3)4/h7-15,18H,1,16H2,2-6H3,(H,28,31)/b10-7+. The summed E-state index contributed by atoms with van der Waals surface area (Å²) in [7, 11) is 3.16. The molecule has 0 saturated carbocycles. The van der Waals surface area contributed by atoms with Crippen LogP contribution in [0.15, 0.2) is 54.7 Å². The van der Waals surface area contributed by atoms with Gasteiger partial charge in [0.15, 0.2) is 0 Å². The summed E-state index contributed by atoms with van der Waals surface area (Å²) in [6, 6.07) is 10.9. The van der Waals surface area contributed by atoms with Crippen LogP contribution in [0, 0.1) is 0 Å². The van der Waals surface area contributed by atoms with E-state index in [0.29, 0.717) is 29.4 Å². The SMILES string of the molecule is C=C(C)COc1ccc(/C=C/c2cc(OC)cc(OC)c2-c2cnnn2C(=O)NC(C)C)cc1. The van der Waals surface area contributed by atoms with Gasteiger partial charge in [-0.15, -0.1) is 5.10 Å². The lowest BCUT2D eigenvalue weighted by Gasteiger charge is -2.15. The van der Waals surface area contributed by atoms with Gasteiger partial charge in [0.2, 0.25) is 0 Å². The molecule has 0 radical (unpaired) electrons. The summed E-state index contributed by atoms with van der Waals surface area (Å²) in [5.41, 5.74) is 3.88. The number of hydrogen-bond acceptors (Lipinski definition) is 6. The summed E-state index contributed by atoms with van der Waals surface area (Å²) in [5.74, 6) is 1.92. The van der Waals surface area contributed by atoms with Gasteiger partial charge in [0.25, 0.3) is 0 Å². The number of methoxy groups -OCH3 is 2. The number of carbonyl (C=O) groups excluding carboxylic acids is 1. The van der Waals surface area contributed by atoms with Crippen molar-refractivity contribution in [2.24, 2.45) is 0 Å². The van der Waals surface area contributed by atoms with Crippen LogP contribution in [0.1, 0.15) is 31.9 Å². The van der Waals surface area contributed by atoms with Gasteiger partial charge in [0.1, 0.15) is 29.5 Å². The second-order valence-electron chi connectivity index (χ2n) is 8.08. The first-order chi connectivity index (χ1) is 16.3. The summed E-state index contributed by atoms with van der Waals surface area (Å²) in [6.45, 7) is 10.0. The molecule has 8 heteroatoms. The summed E-state index contributed by atoms with van der Waals surface area (Å²) in [4.78, 5) is 12.7. The van der Waals surface area contributed by atoms with Crippen molar-refractivity contribution in [2.45, 2.75) is 26.8 Å². The minimum absolute atomic E-state index is 0.0518. The number of ether oxygens (including phenoxy) is 3. The summed E-state index contributed by atoms with van der Waals surface area (Å²) in [6.07, 6.45) is 5.43. The fourth-order valence-electron chi connectivity index (χ4n) is 3.23. The van der Waals surface area contributed by atoms with Gasteiger partial charge in [-0.05, 0) is 55.7 Å². The van der Waals surface area contributed by atoms with Gasteiger partial charge >= 0.3 is 6.03 Å². The molecule has 2 aromatic carbocycles. The number of benzene rings is 2. The molecule has 1 N–H and O–H groups in total. The lowest BCUT2D eigenvalue weighted by Crippen LogP contribution is -2.35. The van der Waals surface area contributed by atoms with Crippen LogP contribution in [0.2, 0.25) is 0 Å². The van der Waals surface area contributed by atoms with Crippen LogP contribution in [0.3, 0.4) is 0 Å². The van der Waals surface area contributed by atoms with Crippen molar-refractivity contribution < 1.29 is 19.0 Å². The Morgan fingerprint density at radius 1 is 1.12 bits per heavy atom. The molecule has 0 aliphatic heterocycles. The highest BCUT2D eigenvalue weighted by Crippen LogP contribution is 2.38. The smallest absolute Gasteiger partial charge is 0.344 e. The Balaban J connectivity index is 2.01. The summed E-state index contributed by atoms with van der Waals surface area (Å²) < 4.78 is 18.0. The van der Waals surface area contributed by atoms with E-state index in [-0.39, 0.29) is 12.1 Å². The predicted octanol–water partition coefficient (Wildman–Crippen LogP) is 5.05. The van der Waals surface area contributed by atoms with Gasteiger partial charge in [0, 0.05) is 12.1 Å². The molecule has 0 spiro atoms. The number of carbonyl (C=O) groups is 1. The molecule has 0 saturated heterocycles. The van der Waals surface area contributed by atoms with Crippen molar-refractivity contribution in [3.05, 3.63) is 65.9 Å². The monoisotopic (exact) mass is 462 g/mol. The van der Waals surface area contributed by atoms with Gasteiger partial charge < -0.3 is 19.5 Å². The Morgan fingerprint density at radius 3 is 2.47 bits per heavy atom. The molecule has 178 valence electrons. The van der Waals surface area contributed by atoms with Gasteiger partial charge in [-0.1, -0.05) is 36.1 Å². The molecule has 3 aromatic rings. The fourth-order valence-corrected chi connectivity index (χ4v) is 3.23. The van der Waals surface area contributed by atoms with Crippen LogP contribution in [0.25, 0.3) is 23.4 Å². The van der Waals surface area contributed by atoms with Crippen molar-refractivity contribution in [1.82, 2.24) is 20.3 Å². The van der Waals surface area contributed by atoms with Crippen molar-refractivity contribution >= 4 is 18.2 Å². The van der Waals surface area contributed by atoms with Gasteiger partial charge in [0.05, 0.1) is 26.0 Å². The van der Waals surface area contributed by atoms with E-state index in [2.05, 4.69) is 22.2 Å². The van der Waals surface area contributed by atoms with Crippen LogP contribution in [0.4, 0.5) is 4.79 Å². The Kier molecular flexibility index (Phi) is 8.08. The quantitative estimate of drug-likeness (QED) is 0.354. The van der Waals surface area contributed by atoms with Crippen LogP contribution < -0.4 is 19.5 Å². The highest BCUT2D eigenvalue weighted by Gasteiger charge is 2.21. The molecule has 0 atom stereocenters. The molecule has 0 unspecified atom stereocenters. The zero-order chi connectivity index (χ0) is 24.7. The Morgan fingerprint density at radius 2 is 1.85 bits per heavy atom. The van der Waals surface area contributed by atoms with Gasteiger partial charge in [-0.25, -0.2) is 4.79 Å². The second kappa shape index (κ2) is 11.2. The minimum atomic E-state index is -0.374. The van der Waals surface area contributed by atoms with E-state index >= 15 is 0 Å². The number of aromatic nitrogens is 3. The summed E-state index contributed by atoms with van der Waals surface area (Å²) >= 11 is 0. The molecule has 1 amide bonds. The lowest BCUT2D eigenvalue weighted by molar-refractivity contribution is 0.237. The number of hydrogen-bond donors (Lipinski definition) is 1. The zero-order valence-corrected chi connectivity index (χ0v) is 20.2. The molecular formula is C26H30N4O4. The molecular weight excluding hydrogens is 432 g/mol. The largest absolute Gasteiger partial charge is 0.497 e. The molecule has 0 aliphatic rings. The topological polar surface area (TPSA) is 87.5 Å². The van der Waals surface area contributed by atoms with Crippen LogP contribution in [-0.4, -0.2) is 47.9 Å². The third-order valence-corrected chi connectivity index (χ3v) is 4.79. The predicted molar refractivity (Wildman–Crippen MR) is 133 cm³/mol. The first kappa shape index (κ1) is 24.6. The average molecular weight is 463 g/mol. The third-order valence-electron chi connectivity index (χ3n) is 4.79. The molecule has 0 bridgehead atoms. The minimum Gasteiger partial charge on any atom is -0.497 e. The van der Waals surface area contributed by atoms with E-state index in [1.54, 1.807) is 20.3 Å². The van der Waals surface area contributed by atoms with Crippen molar-refractivity contribution in [2.75, 3.05) is 20.8 Å². The van der Waals surface area contributed by atoms with Crippen molar-refractivity contribution in [1.29, 1.82) is 0 Å². The number of rotatable bonds is 9. The summed E-state index contributed by atoms with van der Waals surface area (Å²) in [5, 5.41) is 10.8. The molecule has 34 heavy (non-hydrogen) atoms. The van der Waals surface area contributed by atoms with E-state index in [9.17, 15) is 4.79 Å². The molecule has 8 nitrogen and oxygen atoms in total.